The number of pyridine rings is 1. The van der Waals surface area contributed by atoms with Crippen molar-refractivity contribution in [3.8, 4) is 0 Å². The van der Waals surface area contributed by atoms with Crippen molar-refractivity contribution in [3.05, 3.63) is 40.3 Å². The van der Waals surface area contributed by atoms with Gasteiger partial charge in [0.25, 0.3) is 5.69 Å². The maximum atomic E-state index is 12.2. The molecule has 0 radical (unpaired) electrons. The standard InChI is InChI=1S/C15H17N5O4/c1-10-8-13(18-24-10)17-15(21)11-4-6-19(7-5-11)14-3-2-12(9-16-14)20(22)23/h2-3,8-9,11H,4-7H2,1H3,(H,17,18,21). The van der Waals surface area contributed by atoms with E-state index in [1.807, 2.05) is 4.90 Å². The third kappa shape index (κ3) is 3.50. The minimum atomic E-state index is -0.473. The molecule has 0 saturated carbocycles. The lowest BCUT2D eigenvalue weighted by Gasteiger charge is -2.31. The molecule has 9 nitrogen and oxygen atoms in total. The fourth-order valence-corrected chi connectivity index (χ4v) is 2.70. The van der Waals surface area contributed by atoms with Gasteiger partial charge in [0, 0.05) is 31.1 Å². The molecular weight excluding hydrogens is 314 g/mol. The molecule has 126 valence electrons. The predicted molar refractivity (Wildman–Crippen MR) is 85.7 cm³/mol. The number of piperidine rings is 1. The quantitative estimate of drug-likeness (QED) is 0.674. The summed E-state index contributed by atoms with van der Waals surface area (Å²) in [5, 5.41) is 17.2. The molecule has 0 atom stereocenters. The Hall–Kier alpha value is -2.97. The maximum absolute atomic E-state index is 12.2. The van der Waals surface area contributed by atoms with Crippen LogP contribution >= 0.6 is 0 Å². The van der Waals surface area contributed by atoms with Gasteiger partial charge in [0.2, 0.25) is 5.91 Å². The molecule has 1 aliphatic heterocycles. The average molecular weight is 331 g/mol. The van der Waals surface area contributed by atoms with Gasteiger partial charge in [-0.15, -0.1) is 0 Å². The van der Waals surface area contributed by atoms with Crippen molar-refractivity contribution in [2.75, 3.05) is 23.3 Å². The maximum Gasteiger partial charge on any atom is 0.287 e. The summed E-state index contributed by atoms with van der Waals surface area (Å²) < 4.78 is 4.92. The number of nitrogens with zero attached hydrogens (tertiary/aromatic N) is 4. The molecule has 3 rings (SSSR count). The monoisotopic (exact) mass is 331 g/mol. The zero-order valence-electron chi connectivity index (χ0n) is 13.1. The van der Waals surface area contributed by atoms with E-state index in [1.54, 1.807) is 19.1 Å². The molecule has 1 aliphatic rings. The van der Waals surface area contributed by atoms with Crippen LogP contribution < -0.4 is 10.2 Å². The average Bonchev–Trinajstić information content (AvgIpc) is 3.00. The van der Waals surface area contributed by atoms with Crippen LogP contribution in [0.2, 0.25) is 0 Å². The first kappa shape index (κ1) is 15.9. The number of aromatic nitrogens is 2. The number of anilines is 2. The van der Waals surface area contributed by atoms with E-state index in [9.17, 15) is 14.9 Å². The number of nitro groups is 1. The second kappa shape index (κ2) is 6.65. The van der Waals surface area contributed by atoms with Crippen LogP contribution in [0.3, 0.4) is 0 Å². The van der Waals surface area contributed by atoms with Gasteiger partial charge in [0.15, 0.2) is 5.82 Å². The van der Waals surface area contributed by atoms with Crippen molar-refractivity contribution in [1.29, 1.82) is 0 Å². The van der Waals surface area contributed by atoms with Gasteiger partial charge in [-0.3, -0.25) is 14.9 Å². The molecular formula is C15H17N5O4. The highest BCUT2D eigenvalue weighted by Crippen LogP contribution is 2.24. The molecule has 24 heavy (non-hydrogen) atoms. The Labute approximate surface area is 137 Å². The Morgan fingerprint density at radius 2 is 2.17 bits per heavy atom. The van der Waals surface area contributed by atoms with Crippen LogP contribution in [-0.4, -0.2) is 34.1 Å². The zero-order chi connectivity index (χ0) is 17.1. The summed E-state index contributed by atoms with van der Waals surface area (Å²) in [6.07, 6.45) is 2.61. The molecule has 0 unspecified atom stereocenters. The summed E-state index contributed by atoms with van der Waals surface area (Å²) in [6, 6.07) is 4.75. The summed E-state index contributed by atoms with van der Waals surface area (Å²) in [5.74, 6) is 1.59. The third-order valence-corrected chi connectivity index (χ3v) is 4.01. The second-order valence-corrected chi connectivity index (χ2v) is 5.71. The first-order valence-corrected chi connectivity index (χ1v) is 7.62. The van der Waals surface area contributed by atoms with Crippen molar-refractivity contribution in [2.24, 2.45) is 5.92 Å². The number of carbonyl (C=O) groups excluding carboxylic acids is 1. The Balaban J connectivity index is 1.55. The van der Waals surface area contributed by atoms with Gasteiger partial charge in [0.05, 0.1) is 4.92 Å². The number of carbonyl (C=O) groups is 1. The summed E-state index contributed by atoms with van der Waals surface area (Å²) in [4.78, 5) is 28.6. The van der Waals surface area contributed by atoms with E-state index < -0.39 is 4.92 Å². The number of hydrogen-bond acceptors (Lipinski definition) is 7. The van der Waals surface area contributed by atoms with Crippen molar-refractivity contribution in [1.82, 2.24) is 10.1 Å². The lowest BCUT2D eigenvalue weighted by atomic mass is 9.96. The van der Waals surface area contributed by atoms with Crippen LogP contribution in [0.4, 0.5) is 17.3 Å². The van der Waals surface area contributed by atoms with Crippen molar-refractivity contribution in [3.63, 3.8) is 0 Å². The van der Waals surface area contributed by atoms with Crippen LogP contribution in [-0.2, 0) is 4.79 Å². The fraction of sp³-hybridized carbons (Fsp3) is 0.400. The van der Waals surface area contributed by atoms with Gasteiger partial charge < -0.3 is 14.7 Å². The van der Waals surface area contributed by atoms with Crippen LogP contribution in [0.5, 0.6) is 0 Å². The molecule has 0 spiro atoms. The molecule has 0 bridgehead atoms. The normalized spacial score (nSPS) is 15.3. The molecule has 3 heterocycles. The number of nitrogens with one attached hydrogen (secondary N) is 1. The molecule has 0 aliphatic carbocycles. The highest BCUT2D eigenvalue weighted by atomic mass is 16.6. The van der Waals surface area contributed by atoms with E-state index in [-0.39, 0.29) is 17.5 Å². The largest absolute Gasteiger partial charge is 0.360 e. The lowest BCUT2D eigenvalue weighted by molar-refractivity contribution is -0.385. The van der Waals surface area contributed by atoms with Crippen molar-refractivity contribution in [2.45, 2.75) is 19.8 Å². The molecule has 1 N–H and O–H groups in total. The topological polar surface area (TPSA) is 114 Å². The summed E-state index contributed by atoms with van der Waals surface area (Å²) >= 11 is 0. The highest BCUT2D eigenvalue weighted by molar-refractivity contribution is 5.91. The minimum absolute atomic E-state index is 0.0316. The van der Waals surface area contributed by atoms with Gasteiger partial charge in [-0.25, -0.2) is 4.98 Å². The second-order valence-electron chi connectivity index (χ2n) is 5.71. The SMILES string of the molecule is Cc1cc(NC(=O)C2CCN(c3ccc([N+](=O)[O-])cn3)CC2)no1. The molecule has 1 fully saturated rings. The molecule has 0 aromatic carbocycles. The predicted octanol–water partition coefficient (Wildman–Crippen LogP) is 2.14. The molecule has 2 aromatic rings. The van der Waals surface area contributed by atoms with Gasteiger partial charge in [-0.05, 0) is 25.8 Å². The summed E-state index contributed by atoms with van der Waals surface area (Å²) in [6.45, 7) is 3.10. The Bertz CT molecular complexity index is 735. The Morgan fingerprint density at radius 3 is 2.71 bits per heavy atom. The van der Waals surface area contributed by atoms with E-state index >= 15 is 0 Å². The smallest absolute Gasteiger partial charge is 0.287 e. The van der Waals surface area contributed by atoms with Crippen LogP contribution in [0.25, 0.3) is 0 Å². The van der Waals surface area contributed by atoms with Crippen LogP contribution in [0.1, 0.15) is 18.6 Å². The Morgan fingerprint density at radius 1 is 1.42 bits per heavy atom. The van der Waals surface area contributed by atoms with E-state index in [4.69, 9.17) is 4.52 Å². The molecule has 1 saturated heterocycles. The van der Waals surface area contributed by atoms with Gasteiger partial charge in [-0.2, -0.15) is 0 Å². The van der Waals surface area contributed by atoms with E-state index in [0.717, 1.165) is 0 Å². The molecule has 2 aromatic heterocycles. The van der Waals surface area contributed by atoms with Crippen molar-refractivity contribution >= 4 is 23.2 Å². The number of hydrogen-bond donors (Lipinski definition) is 1. The van der Waals surface area contributed by atoms with Crippen LogP contribution in [0.15, 0.2) is 28.9 Å². The van der Waals surface area contributed by atoms with Gasteiger partial charge in [0.1, 0.15) is 17.8 Å². The number of rotatable bonds is 4. The summed E-state index contributed by atoms with van der Waals surface area (Å²) in [5.41, 5.74) is -0.0316. The van der Waals surface area contributed by atoms with Crippen LogP contribution in [0, 0.1) is 23.0 Å². The zero-order valence-corrected chi connectivity index (χ0v) is 13.1. The highest BCUT2D eigenvalue weighted by Gasteiger charge is 2.26. The fourth-order valence-electron chi connectivity index (χ4n) is 2.70. The van der Waals surface area contributed by atoms with E-state index in [0.29, 0.717) is 43.3 Å². The Kier molecular flexibility index (Phi) is 4.41. The number of aryl methyl sites for hydroxylation is 1. The molecule has 9 heteroatoms. The van der Waals surface area contributed by atoms with Crippen molar-refractivity contribution < 1.29 is 14.2 Å². The lowest BCUT2D eigenvalue weighted by Crippen LogP contribution is -2.38. The van der Waals surface area contributed by atoms with E-state index in [2.05, 4.69) is 15.5 Å². The van der Waals surface area contributed by atoms with Gasteiger partial charge in [-0.1, -0.05) is 5.16 Å². The minimum Gasteiger partial charge on any atom is -0.360 e. The third-order valence-electron chi connectivity index (χ3n) is 4.01. The number of amides is 1. The first-order chi connectivity index (χ1) is 11.5. The molecule has 1 amide bonds. The van der Waals surface area contributed by atoms with Gasteiger partial charge >= 0.3 is 0 Å². The summed E-state index contributed by atoms with van der Waals surface area (Å²) in [7, 11) is 0. The van der Waals surface area contributed by atoms with E-state index in [1.165, 1.54) is 12.3 Å². The first-order valence-electron chi connectivity index (χ1n) is 7.62.